The summed E-state index contributed by atoms with van der Waals surface area (Å²) in [6.45, 7) is 5.09. The molecule has 2 saturated heterocycles. The lowest BCUT2D eigenvalue weighted by Crippen LogP contribution is -2.55. The van der Waals surface area contributed by atoms with Gasteiger partial charge in [0.1, 0.15) is 11.8 Å². The van der Waals surface area contributed by atoms with Gasteiger partial charge in [0.2, 0.25) is 11.8 Å². The lowest BCUT2D eigenvalue weighted by Gasteiger charge is -2.38. The number of thioether (sulfide) groups is 1. The number of carbonyl (C=O) groups excluding carboxylic acids is 2. The van der Waals surface area contributed by atoms with Gasteiger partial charge in [-0.1, -0.05) is 13.3 Å². The molecule has 6 nitrogen and oxygen atoms in total. The fourth-order valence-corrected chi connectivity index (χ4v) is 4.73. The molecule has 2 heterocycles. The molecule has 3 rings (SSSR count). The van der Waals surface area contributed by atoms with Crippen LogP contribution in [0.25, 0.3) is 0 Å². The number of ether oxygens (including phenoxy) is 1. The SMILES string of the molecule is CCCCC(=O)N1CSCC1C(=O)N1CCN(c2ccc(OC)cc2)CC1. The van der Waals surface area contributed by atoms with Crippen molar-refractivity contribution in [2.75, 3.05) is 49.8 Å². The number of hydrogen-bond acceptors (Lipinski definition) is 5. The lowest BCUT2D eigenvalue weighted by molar-refractivity contribution is -0.143. The highest BCUT2D eigenvalue weighted by molar-refractivity contribution is 7.99. The normalized spacial score (nSPS) is 20.1. The molecule has 2 amide bonds. The average molecular weight is 392 g/mol. The van der Waals surface area contributed by atoms with Crippen molar-refractivity contribution < 1.29 is 14.3 Å². The van der Waals surface area contributed by atoms with Crippen LogP contribution in [0, 0.1) is 0 Å². The quantitative estimate of drug-likeness (QED) is 0.746. The zero-order chi connectivity index (χ0) is 19.2. The Labute approximate surface area is 165 Å². The van der Waals surface area contributed by atoms with Gasteiger partial charge in [0.05, 0.1) is 13.0 Å². The molecule has 0 saturated carbocycles. The standard InChI is InChI=1S/C20H29N3O3S/c1-3-4-5-19(24)23-15-27-14-18(23)20(25)22-12-10-21(11-13-22)16-6-8-17(26-2)9-7-16/h6-9,18H,3-5,10-15H2,1-2H3. The van der Waals surface area contributed by atoms with E-state index in [1.165, 1.54) is 0 Å². The third-order valence-electron chi connectivity index (χ3n) is 5.26. The topological polar surface area (TPSA) is 53.1 Å². The Hall–Kier alpha value is -1.89. The maximum Gasteiger partial charge on any atom is 0.246 e. The zero-order valence-electron chi connectivity index (χ0n) is 16.2. The second-order valence-corrected chi connectivity index (χ2v) is 7.99. The lowest BCUT2D eigenvalue weighted by atomic mass is 10.1. The van der Waals surface area contributed by atoms with Crippen LogP contribution >= 0.6 is 11.8 Å². The number of unbranched alkanes of at least 4 members (excludes halogenated alkanes) is 1. The van der Waals surface area contributed by atoms with Crippen molar-refractivity contribution in [3.05, 3.63) is 24.3 Å². The van der Waals surface area contributed by atoms with Gasteiger partial charge >= 0.3 is 0 Å². The fourth-order valence-electron chi connectivity index (χ4n) is 3.55. The highest BCUT2D eigenvalue weighted by Crippen LogP contribution is 2.25. The van der Waals surface area contributed by atoms with E-state index in [-0.39, 0.29) is 17.9 Å². The molecule has 0 aliphatic carbocycles. The predicted octanol–water partition coefficient (Wildman–Crippen LogP) is 2.44. The van der Waals surface area contributed by atoms with Crippen molar-refractivity contribution in [3.8, 4) is 5.75 Å². The van der Waals surface area contributed by atoms with Crippen LogP contribution in [0.5, 0.6) is 5.75 Å². The highest BCUT2D eigenvalue weighted by atomic mass is 32.2. The molecule has 2 aliphatic rings. The Morgan fingerprint density at radius 1 is 1.15 bits per heavy atom. The van der Waals surface area contributed by atoms with Gasteiger partial charge in [0.25, 0.3) is 0 Å². The maximum atomic E-state index is 13.0. The van der Waals surface area contributed by atoms with Gasteiger partial charge < -0.3 is 19.4 Å². The largest absolute Gasteiger partial charge is 0.497 e. The van der Waals surface area contributed by atoms with Crippen LogP contribution in [0.15, 0.2) is 24.3 Å². The minimum absolute atomic E-state index is 0.110. The van der Waals surface area contributed by atoms with Crippen molar-refractivity contribution in [1.29, 1.82) is 0 Å². The Morgan fingerprint density at radius 3 is 2.48 bits per heavy atom. The number of anilines is 1. The Balaban J connectivity index is 1.55. The molecule has 148 valence electrons. The summed E-state index contributed by atoms with van der Waals surface area (Å²) >= 11 is 1.68. The van der Waals surface area contributed by atoms with E-state index in [0.717, 1.165) is 43.1 Å². The first-order chi connectivity index (χ1) is 13.1. The third-order valence-corrected chi connectivity index (χ3v) is 6.27. The molecule has 2 fully saturated rings. The predicted molar refractivity (Wildman–Crippen MR) is 109 cm³/mol. The van der Waals surface area contributed by atoms with Gasteiger partial charge in [-0.2, -0.15) is 0 Å². The smallest absolute Gasteiger partial charge is 0.246 e. The molecule has 1 aromatic carbocycles. The second-order valence-electron chi connectivity index (χ2n) is 6.99. The second kappa shape index (κ2) is 9.35. The van der Waals surface area contributed by atoms with E-state index in [1.807, 2.05) is 17.0 Å². The summed E-state index contributed by atoms with van der Waals surface area (Å²) in [5.41, 5.74) is 1.15. The molecular weight excluding hydrogens is 362 g/mol. The van der Waals surface area contributed by atoms with Crippen LogP contribution in [0.1, 0.15) is 26.2 Å². The van der Waals surface area contributed by atoms with E-state index in [9.17, 15) is 9.59 Å². The maximum absolute atomic E-state index is 13.0. The van der Waals surface area contributed by atoms with E-state index in [0.29, 0.717) is 25.4 Å². The average Bonchev–Trinajstić information content (AvgIpc) is 3.21. The summed E-state index contributed by atoms with van der Waals surface area (Å²) in [6, 6.07) is 7.74. The van der Waals surface area contributed by atoms with Crippen molar-refractivity contribution in [3.63, 3.8) is 0 Å². The van der Waals surface area contributed by atoms with Gasteiger partial charge in [-0.3, -0.25) is 9.59 Å². The van der Waals surface area contributed by atoms with Gasteiger partial charge in [-0.15, -0.1) is 11.8 Å². The Kier molecular flexibility index (Phi) is 6.88. The number of rotatable bonds is 6. The Bertz CT molecular complexity index is 644. The highest BCUT2D eigenvalue weighted by Gasteiger charge is 2.37. The summed E-state index contributed by atoms with van der Waals surface area (Å²) in [5.74, 6) is 2.44. The van der Waals surface area contributed by atoms with E-state index in [4.69, 9.17) is 4.74 Å². The van der Waals surface area contributed by atoms with Crippen molar-refractivity contribution in [2.24, 2.45) is 0 Å². The first-order valence-electron chi connectivity index (χ1n) is 9.69. The van der Waals surface area contributed by atoms with E-state index in [2.05, 4.69) is 24.0 Å². The first kappa shape index (κ1) is 19.9. The van der Waals surface area contributed by atoms with Crippen molar-refractivity contribution in [2.45, 2.75) is 32.2 Å². The van der Waals surface area contributed by atoms with Crippen molar-refractivity contribution in [1.82, 2.24) is 9.80 Å². The van der Waals surface area contributed by atoms with Gasteiger partial charge in [0.15, 0.2) is 0 Å². The van der Waals surface area contributed by atoms with Gasteiger partial charge in [0, 0.05) is 44.0 Å². The molecule has 1 atom stereocenters. The van der Waals surface area contributed by atoms with Crippen LogP contribution in [0.2, 0.25) is 0 Å². The molecule has 0 N–H and O–H groups in total. The number of methoxy groups -OCH3 is 1. The van der Waals surface area contributed by atoms with Crippen LogP contribution in [0.4, 0.5) is 5.69 Å². The molecule has 7 heteroatoms. The summed E-state index contributed by atoms with van der Waals surface area (Å²) < 4.78 is 5.21. The van der Waals surface area contributed by atoms with Crippen molar-refractivity contribution >= 4 is 29.3 Å². The molecule has 0 bridgehead atoms. The first-order valence-corrected chi connectivity index (χ1v) is 10.8. The third kappa shape index (κ3) is 4.69. The van der Waals surface area contributed by atoms with Crippen LogP contribution in [-0.2, 0) is 9.59 Å². The molecule has 0 aromatic heterocycles. The van der Waals surface area contributed by atoms with Gasteiger partial charge in [-0.05, 0) is 30.7 Å². The van der Waals surface area contributed by atoms with E-state index in [1.54, 1.807) is 23.8 Å². The molecule has 2 aliphatic heterocycles. The van der Waals surface area contributed by atoms with E-state index >= 15 is 0 Å². The molecule has 1 unspecified atom stereocenters. The molecular formula is C20H29N3O3S. The number of piperazine rings is 1. The number of benzene rings is 1. The number of carbonyl (C=O) groups is 2. The van der Waals surface area contributed by atoms with Crippen LogP contribution in [-0.4, -0.2) is 72.6 Å². The Morgan fingerprint density at radius 2 is 1.85 bits per heavy atom. The van der Waals surface area contributed by atoms with Gasteiger partial charge in [-0.25, -0.2) is 0 Å². The zero-order valence-corrected chi connectivity index (χ0v) is 17.0. The summed E-state index contributed by atoms with van der Waals surface area (Å²) in [4.78, 5) is 31.4. The van der Waals surface area contributed by atoms with E-state index < -0.39 is 0 Å². The minimum atomic E-state index is -0.285. The summed E-state index contributed by atoms with van der Waals surface area (Å²) in [5, 5.41) is 0. The monoisotopic (exact) mass is 391 g/mol. The molecule has 0 spiro atoms. The number of amides is 2. The van der Waals surface area contributed by atoms with Crippen LogP contribution in [0.3, 0.4) is 0 Å². The summed E-state index contributed by atoms with van der Waals surface area (Å²) in [7, 11) is 1.66. The molecule has 27 heavy (non-hydrogen) atoms. The fraction of sp³-hybridized carbons (Fsp3) is 0.600. The number of hydrogen-bond donors (Lipinski definition) is 0. The molecule has 1 aromatic rings. The minimum Gasteiger partial charge on any atom is -0.497 e. The summed E-state index contributed by atoms with van der Waals surface area (Å²) in [6.07, 6.45) is 2.44. The van der Waals surface area contributed by atoms with Crippen LogP contribution < -0.4 is 9.64 Å². The molecule has 0 radical (unpaired) electrons. The number of nitrogens with zero attached hydrogens (tertiary/aromatic N) is 3.